The fourth-order valence-electron chi connectivity index (χ4n) is 1.28. The minimum Gasteiger partial charge on any atom is -0.377 e. The monoisotopic (exact) mass is 162 g/mol. The normalized spacial score (nSPS) is 20.2. The van der Waals surface area contributed by atoms with E-state index in [1.165, 1.54) is 18.4 Å². The quantitative estimate of drug-likeness (QED) is 0.616. The maximum Gasteiger partial charge on any atom is 0.133 e. The summed E-state index contributed by atoms with van der Waals surface area (Å²) in [4.78, 5) is 0. The summed E-state index contributed by atoms with van der Waals surface area (Å²) in [6, 6.07) is 0. The highest BCUT2D eigenvalue weighted by Crippen LogP contribution is 2.18. The first-order valence-corrected chi connectivity index (χ1v) is 4.34. The number of aliphatic hydroxyl groups is 1. The van der Waals surface area contributed by atoms with Crippen LogP contribution in [-0.4, -0.2) is 11.2 Å². The first kappa shape index (κ1) is 9.09. The van der Waals surface area contributed by atoms with Crippen LogP contribution >= 0.6 is 0 Å². The summed E-state index contributed by atoms with van der Waals surface area (Å²) in [6.07, 6.45) is 14.9. The summed E-state index contributed by atoms with van der Waals surface area (Å²) in [5, 5.41) is 9.04. The molecule has 1 rings (SSSR count). The molecule has 0 aliphatic heterocycles. The van der Waals surface area contributed by atoms with Gasteiger partial charge in [-0.05, 0) is 31.8 Å². The van der Waals surface area contributed by atoms with Crippen molar-refractivity contribution in [3.8, 4) is 12.3 Å². The molecule has 0 aromatic rings. The van der Waals surface area contributed by atoms with E-state index in [9.17, 15) is 0 Å². The zero-order valence-corrected chi connectivity index (χ0v) is 7.16. The molecule has 0 spiro atoms. The number of allylic oxidation sites excluding steroid dienone is 3. The summed E-state index contributed by atoms with van der Waals surface area (Å²) in [5.41, 5.74) is 1.30. The smallest absolute Gasteiger partial charge is 0.133 e. The third kappa shape index (κ3) is 2.94. The van der Waals surface area contributed by atoms with E-state index in [2.05, 4.69) is 12.0 Å². The van der Waals surface area contributed by atoms with Crippen molar-refractivity contribution < 1.29 is 5.11 Å². The predicted octanol–water partition coefficient (Wildman–Crippen LogP) is 2.04. The minimum absolute atomic E-state index is 0.729. The van der Waals surface area contributed by atoms with Crippen molar-refractivity contribution in [1.29, 1.82) is 0 Å². The Morgan fingerprint density at radius 1 is 1.58 bits per heavy atom. The average Bonchev–Trinajstić information content (AvgIpc) is 2.16. The zero-order valence-electron chi connectivity index (χ0n) is 7.16. The SMILES string of the molecule is C#CC(O)/C=C/C1=CCCCC1. The highest BCUT2D eigenvalue weighted by Gasteiger charge is 1.99. The van der Waals surface area contributed by atoms with Crippen LogP contribution in [-0.2, 0) is 0 Å². The van der Waals surface area contributed by atoms with Gasteiger partial charge < -0.3 is 5.11 Å². The van der Waals surface area contributed by atoms with E-state index in [1.807, 2.05) is 6.08 Å². The van der Waals surface area contributed by atoms with Crippen LogP contribution in [0.15, 0.2) is 23.8 Å². The largest absolute Gasteiger partial charge is 0.377 e. The van der Waals surface area contributed by atoms with Gasteiger partial charge in [0.1, 0.15) is 6.10 Å². The van der Waals surface area contributed by atoms with Gasteiger partial charge in [-0.1, -0.05) is 23.6 Å². The molecule has 1 heteroatoms. The van der Waals surface area contributed by atoms with Crippen molar-refractivity contribution in [1.82, 2.24) is 0 Å². The second-order valence-corrected chi connectivity index (χ2v) is 3.00. The van der Waals surface area contributed by atoms with Crippen LogP contribution in [0.25, 0.3) is 0 Å². The van der Waals surface area contributed by atoms with E-state index in [0.29, 0.717) is 0 Å². The maximum absolute atomic E-state index is 9.04. The van der Waals surface area contributed by atoms with Crippen molar-refractivity contribution in [2.45, 2.75) is 31.8 Å². The van der Waals surface area contributed by atoms with Gasteiger partial charge in [0, 0.05) is 0 Å². The fraction of sp³-hybridized carbons (Fsp3) is 0.455. The number of terminal acetylenes is 1. The Labute approximate surface area is 73.8 Å². The molecule has 0 radical (unpaired) electrons. The number of hydrogen-bond donors (Lipinski definition) is 1. The molecule has 1 nitrogen and oxygen atoms in total. The molecule has 0 aromatic carbocycles. The van der Waals surface area contributed by atoms with E-state index >= 15 is 0 Å². The lowest BCUT2D eigenvalue weighted by Crippen LogP contribution is -1.96. The van der Waals surface area contributed by atoms with Crippen molar-refractivity contribution in [2.24, 2.45) is 0 Å². The predicted molar refractivity (Wildman–Crippen MR) is 50.5 cm³/mol. The Kier molecular flexibility index (Phi) is 3.63. The Balaban J connectivity index is 2.45. The highest BCUT2D eigenvalue weighted by molar-refractivity contribution is 5.23. The van der Waals surface area contributed by atoms with E-state index in [0.717, 1.165) is 12.8 Å². The molecule has 64 valence electrons. The topological polar surface area (TPSA) is 20.2 Å². The van der Waals surface area contributed by atoms with Crippen molar-refractivity contribution >= 4 is 0 Å². The molecule has 0 fully saturated rings. The lowest BCUT2D eigenvalue weighted by molar-refractivity contribution is 0.281. The first-order chi connectivity index (χ1) is 5.83. The van der Waals surface area contributed by atoms with Gasteiger partial charge >= 0.3 is 0 Å². The van der Waals surface area contributed by atoms with E-state index in [1.54, 1.807) is 6.08 Å². The van der Waals surface area contributed by atoms with E-state index in [4.69, 9.17) is 11.5 Å². The molecule has 1 aliphatic rings. The van der Waals surface area contributed by atoms with Gasteiger partial charge in [0.15, 0.2) is 0 Å². The van der Waals surface area contributed by atoms with Crippen LogP contribution in [0, 0.1) is 12.3 Å². The van der Waals surface area contributed by atoms with Gasteiger partial charge in [-0.15, -0.1) is 6.42 Å². The summed E-state index contributed by atoms with van der Waals surface area (Å²) in [6.45, 7) is 0. The van der Waals surface area contributed by atoms with Crippen molar-refractivity contribution in [3.05, 3.63) is 23.8 Å². The molecule has 0 saturated heterocycles. The van der Waals surface area contributed by atoms with Gasteiger partial charge in [-0.3, -0.25) is 0 Å². The van der Waals surface area contributed by atoms with Gasteiger partial charge in [-0.25, -0.2) is 0 Å². The molecule has 0 saturated carbocycles. The van der Waals surface area contributed by atoms with Gasteiger partial charge in [0.25, 0.3) is 0 Å². The summed E-state index contributed by atoms with van der Waals surface area (Å²) >= 11 is 0. The van der Waals surface area contributed by atoms with Crippen LogP contribution in [0.4, 0.5) is 0 Å². The average molecular weight is 162 g/mol. The van der Waals surface area contributed by atoms with Gasteiger partial charge in [0.2, 0.25) is 0 Å². The van der Waals surface area contributed by atoms with Crippen molar-refractivity contribution in [2.75, 3.05) is 0 Å². The van der Waals surface area contributed by atoms with Crippen LogP contribution in [0.3, 0.4) is 0 Å². The third-order valence-electron chi connectivity index (χ3n) is 1.99. The Morgan fingerprint density at radius 2 is 2.42 bits per heavy atom. The van der Waals surface area contributed by atoms with Crippen LogP contribution < -0.4 is 0 Å². The molecule has 12 heavy (non-hydrogen) atoms. The Morgan fingerprint density at radius 3 is 3.00 bits per heavy atom. The maximum atomic E-state index is 9.04. The van der Waals surface area contributed by atoms with Crippen LogP contribution in [0.1, 0.15) is 25.7 Å². The molecule has 1 aliphatic carbocycles. The van der Waals surface area contributed by atoms with Gasteiger partial charge in [-0.2, -0.15) is 0 Å². The molecule has 0 aromatic heterocycles. The fourth-order valence-corrected chi connectivity index (χ4v) is 1.28. The summed E-state index contributed by atoms with van der Waals surface area (Å²) < 4.78 is 0. The van der Waals surface area contributed by atoms with E-state index < -0.39 is 6.10 Å². The molecule has 0 bridgehead atoms. The van der Waals surface area contributed by atoms with Crippen LogP contribution in [0.5, 0.6) is 0 Å². The molecule has 0 heterocycles. The lowest BCUT2D eigenvalue weighted by Gasteiger charge is -2.08. The molecular weight excluding hydrogens is 148 g/mol. The number of rotatable bonds is 2. The number of hydrogen-bond acceptors (Lipinski definition) is 1. The number of aliphatic hydroxyl groups excluding tert-OH is 1. The second kappa shape index (κ2) is 4.79. The van der Waals surface area contributed by atoms with E-state index in [-0.39, 0.29) is 0 Å². The molecule has 1 N–H and O–H groups in total. The minimum atomic E-state index is -0.729. The molecule has 1 unspecified atom stereocenters. The summed E-state index contributed by atoms with van der Waals surface area (Å²) in [7, 11) is 0. The second-order valence-electron chi connectivity index (χ2n) is 3.00. The van der Waals surface area contributed by atoms with Gasteiger partial charge in [0.05, 0.1) is 0 Å². The van der Waals surface area contributed by atoms with Crippen LogP contribution in [0.2, 0.25) is 0 Å². The lowest BCUT2D eigenvalue weighted by atomic mass is 9.99. The Bertz CT molecular complexity index is 230. The zero-order chi connectivity index (χ0) is 8.81. The first-order valence-electron chi connectivity index (χ1n) is 4.34. The molecule has 1 atom stereocenters. The summed E-state index contributed by atoms with van der Waals surface area (Å²) in [5.74, 6) is 2.25. The van der Waals surface area contributed by atoms with Crippen molar-refractivity contribution in [3.63, 3.8) is 0 Å². The molecule has 0 amide bonds. The Hall–Kier alpha value is -1.00. The molecular formula is C11H14O. The standard InChI is InChI=1S/C11H14O/c1-2-11(12)9-8-10-6-4-3-5-7-10/h1,6,8-9,11-12H,3-5,7H2/b9-8+. The third-order valence-corrected chi connectivity index (χ3v) is 1.99. The highest BCUT2D eigenvalue weighted by atomic mass is 16.3.